The van der Waals surface area contributed by atoms with Crippen molar-refractivity contribution in [2.45, 2.75) is 19.5 Å². The molecule has 0 bridgehead atoms. The molecule has 0 spiro atoms. The number of para-hydroxylation sites is 1. The van der Waals surface area contributed by atoms with Gasteiger partial charge in [0.1, 0.15) is 5.76 Å². The molecule has 0 aliphatic rings. The van der Waals surface area contributed by atoms with Crippen molar-refractivity contribution in [2.24, 2.45) is 0 Å². The van der Waals surface area contributed by atoms with Crippen LogP contribution in [-0.4, -0.2) is 23.4 Å². The van der Waals surface area contributed by atoms with Crippen LogP contribution in [0.5, 0.6) is 0 Å². The van der Waals surface area contributed by atoms with Crippen molar-refractivity contribution >= 4 is 29.2 Å². The largest absolute Gasteiger partial charge is 0.454 e. The lowest BCUT2D eigenvalue weighted by molar-refractivity contribution is 0.0923. The number of halogens is 1. The summed E-state index contributed by atoms with van der Waals surface area (Å²) in [5.74, 6) is 0.398. The Morgan fingerprint density at radius 2 is 1.49 bits per heavy atom. The van der Waals surface area contributed by atoms with E-state index in [1.165, 1.54) is 0 Å². The Bertz CT molecular complexity index is 1260. The number of benzene rings is 3. The SMILES string of the molecule is O=C(NCCc1ccccc1Cl)c1ccc(CN(Cc2ccccc2)C(=O)Nc2ccccc2)o1. The van der Waals surface area contributed by atoms with E-state index in [-0.39, 0.29) is 24.2 Å². The monoisotopic (exact) mass is 487 g/mol. The van der Waals surface area contributed by atoms with Crippen molar-refractivity contribution in [2.75, 3.05) is 11.9 Å². The van der Waals surface area contributed by atoms with E-state index in [9.17, 15) is 9.59 Å². The van der Waals surface area contributed by atoms with Crippen molar-refractivity contribution < 1.29 is 14.0 Å². The predicted molar refractivity (Wildman–Crippen MR) is 137 cm³/mol. The molecular formula is C28H26ClN3O3. The molecule has 0 fully saturated rings. The third-order valence-corrected chi connectivity index (χ3v) is 5.77. The molecule has 35 heavy (non-hydrogen) atoms. The van der Waals surface area contributed by atoms with E-state index in [1.54, 1.807) is 17.0 Å². The molecule has 0 radical (unpaired) electrons. The Labute approximate surface area is 209 Å². The number of nitrogens with zero attached hydrogens (tertiary/aromatic N) is 1. The molecule has 2 N–H and O–H groups in total. The minimum absolute atomic E-state index is 0.197. The number of carbonyl (C=O) groups excluding carboxylic acids is 2. The quantitative estimate of drug-likeness (QED) is 0.298. The minimum atomic E-state index is -0.313. The second-order valence-corrected chi connectivity index (χ2v) is 8.41. The fourth-order valence-corrected chi connectivity index (χ4v) is 3.83. The summed E-state index contributed by atoms with van der Waals surface area (Å²) in [6, 6.07) is 29.6. The molecule has 1 heterocycles. The first-order valence-corrected chi connectivity index (χ1v) is 11.7. The number of amides is 3. The number of carbonyl (C=O) groups is 2. The fourth-order valence-electron chi connectivity index (χ4n) is 3.60. The van der Waals surface area contributed by atoms with Crippen LogP contribution in [0.25, 0.3) is 0 Å². The molecule has 6 nitrogen and oxygen atoms in total. The second-order valence-electron chi connectivity index (χ2n) is 8.00. The summed E-state index contributed by atoms with van der Waals surface area (Å²) < 4.78 is 5.78. The van der Waals surface area contributed by atoms with Gasteiger partial charge in [-0.15, -0.1) is 0 Å². The van der Waals surface area contributed by atoms with Gasteiger partial charge in [0, 0.05) is 23.8 Å². The van der Waals surface area contributed by atoms with Crippen LogP contribution in [-0.2, 0) is 19.5 Å². The summed E-state index contributed by atoms with van der Waals surface area (Å²) in [5.41, 5.74) is 2.66. The number of hydrogen-bond acceptors (Lipinski definition) is 3. The van der Waals surface area contributed by atoms with Gasteiger partial charge in [0.25, 0.3) is 5.91 Å². The van der Waals surface area contributed by atoms with Crippen LogP contribution in [0.4, 0.5) is 10.5 Å². The zero-order valence-electron chi connectivity index (χ0n) is 19.1. The van der Waals surface area contributed by atoms with Gasteiger partial charge in [-0.2, -0.15) is 0 Å². The molecular weight excluding hydrogens is 462 g/mol. The molecule has 0 saturated carbocycles. The highest BCUT2D eigenvalue weighted by molar-refractivity contribution is 6.31. The molecule has 0 saturated heterocycles. The molecule has 0 atom stereocenters. The van der Waals surface area contributed by atoms with Gasteiger partial charge >= 0.3 is 6.03 Å². The van der Waals surface area contributed by atoms with Crippen molar-refractivity contribution in [1.29, 1.82) is 0 Å². The maximum absolute atomic E-state index is 13.0. The Morgan fingerprint density at radius 3 is 2.23 bits per heavy atom. The number of nitrogens with one attached hydrogen (secondary N) is 2. The molecule has 7 heteroatoms. The number of rotatable bonds is 9. The first kappa shape index (κ1) is 24.1. The van der Waals surface area contributed by atoms with Gasteiger partial charge < -0.3 is 20.0 Å². The van der Waals surface area contributed by atoms with Crippen molar-refractivity contribution in [3.8, 4) is 0 Å². The number of urea groups is 1. The van der Waals surface area contributed by atoms with Crippen LogP contribution >= 0.6 is 11.6 Å². The molecule has 1 aromatic heterocycles. The Morgan fingerprint density at radius 1 is 0.800 bits per heavy atom. The van der Waals surface area contributed by atoms with Gasteiger partial charge in [0.05, 0.1) is 6.54 Å². The number of anilines is 1. The van der Waals surface area contributed by atoms with E-state index in [0.29, 0.717) is 36.0 Å². The average molecular weight is 488 g/mol. The molecule has 0 aliphatic carbocycles. The van der Waals surface area contributed by atoms with Gasteiger partial charge in [-0.3, -0.25) is 4.79 Å². The van der Waals surface area contributed by atoms with E-state index in [4.69, 9.17) is 16.0 Å². The zero-order valence-corrected chi connectivity index (χ0v) is 19.9. The molecule has 0 aliphatic heterocycles. The first-order chi connectivity index (χ1) is 17.1. The highest BCUT2D eigenvalue weighted by Crippen LogP contribution is 2.17. The van der Waals surface area contributed by atoms with Crippen LogP contribution in [0.3, 0.4) is 0 Å². The average Bonchev–Trinajstić information content (AvgIpc) is 3.35. The molecule has 3 amide bonds. The maximum atomic E-state index is 13.0. The minimum Gasteiger partial charge on any atom is -0.454 e. The summed E-state index contributed by atoms with van der Waals surface area (Å²) >= 11 is 6.17. The van der Waals surface area contributed by atoms with E-state index in [2.05, 4.69) is 10.6 Å². The van der Waals surface area contributed by atoms with E-state index in [1.807, 2.05) is 84.9 Å². The highest BCUT2D eigenvalue weighted by atomic mass is 35.5. The van der Waals surface area contributed by atoms with Crippen molar-refractivity contribution in [1.82, 2.24) is 10.2 Å². The van der Waals surface area contributed by atoms with E-state index >= 15 is 0 Å². The van der Waals surface area contributed by atoms with Crippen LogP contribution in [0.15, 0.2) is 101 Å². The summed E-state index contributed by atoms with van der Waals surface area (Å²) in [5, 5.41) is 6.44. The van der Waals surface area contributed by atoms with Crippen LogP contribution < -0.4 is 10.6 Å². The van der Waals surface area contributed by atoms with Gasteiger partial charge in [0.15, 0.2) is 5.76 Å². The van der Waals surface area contributed by atoms with Crippen LogP contribution in [0.2, 0.25) is 5.02 Å². The van der Waals surface area contributed by atoms with E-state index < -0.39 is 0 Å². The summed E-state index contributed by atoms with van der Waals surface area (Å²) in [4.78, 5) is 27.2. The molecule has 3 aromatic carbocycles. The normalized spacial score (nSPS) is 10.5. The first-order valence-electron chi connectivity index (χ1n) is 11.3. The third-order valence-electron chi connectivity index (χ3n) is 5.40. The lowest BCUT2D eigenvalue weighted by Gasteiger charge is -2.22. The summed E-state index contributed by atoms with van der Waals surface area (Å²) in [7, 11) is 0. The zero-order chi connectivity index (χ0) is 24.5. The topological polar surface area (TPSA) is 74.6 Å². The standard InChI is InChI=1S/C28H26ClN3O3/c29-25-14-8-7-11-22(25)17-18-30-27(33)26-16-15-24(35-26)20-32(19-21-9-3-1-4-10-21)28(34)31-23-12-5-2-6-13-23/h1-16H,17-20H2,(H,30,33)(H,31,34). The maximum Gasteiger partial charge on any atom is 0.322 e. The highest BCUT2D eigenvalue weighted by Gasteiger charge is 2.18. The van der Waals surface area contributed by atoms with Gasteiger partial charge in [-0.1, -0.05) is 78.3 Å². The van der Waals surface area contributed by atoms with Crippen molar-refractivity contribution in [3.05, 3.63) is 125 Å². The Balaban J connectivity index is 1.39. The Hall–Kier alpha value is -4.03. The third kappa shape index (κ3) is 6.98. The molecule has 0 unspecified atom stereocenters. The van der Waals surface area contributed by atoms with E-state index in [0.717, 1.165) is 11.1 Å². The van der Waals surface area contributed by atoms with Crippen molar-refractivity contribution in [3.63, 3.8) is 0 Å². The second kappa shape index (κ2) is 11.9. The fraction of sp³-hybridized carbons (Fsp3) is 0.143. The van der Waals surface area contributed by atoms with Crippen LogP contribution in [0.1, 0.15) is 27.4 Å². The van der Waals surface area contributed by atoms with Crippen LogP contribution in [0, 0.1) is 0 Å². The molecule has 4 aromatic rings. The lowest BCUT2D eigenvalue weighted by atomic mass is 10.1. The summed E-state index contributed by atoms with van der Waals surface area (Å²) in [6.45, 7) is 1.03. The molecule has 178 valence electrons. The predicted octanol–water partition coefficient (Wildman–Crippen LogP) is 6.14. The lowest BCUT2D eigenvalue weighted by Crippen LogP contribution is -2.34. The summed E-state index contributed by atoms with van der Waals surface area (Å²) in [6.07, 6.45) is 0.615. The van der Waals surface area contributed by atoms with Gasteiger partial charge in [-0.05, 0) is 47.9 Å². The Kier molecular flexibility index (Phi) is 8.20. The number of hydrogen-bond donors (Lipinski definition) is 2. The smallest absolute Gasteiger partial charge is 0.322 e. The number of furan rings is 1. The van der Waals surface area contributed by atoms with Gasteiger partial charge in [0.2, 0.25) is 0 Å². The molecule has 4 rings (SSSR count). The van der Waals surface area contributed by atoms with Gasteiger partial charge in [-0.25, -0.2) is 4.79 Å².